The van der Waals surface area contributed by atoms with Crippen LogP contribution < -0.4 is 20.5 Å². The lowest BCUT2D eigenvalue weighted by molar-refractivity contribution is -0.133. The van der Waals surface area contributed by atoms with Gasteiger partial charge in [-0.3, -0.25) is 19.5 Å². The number of methoxy groups -OCH3 is 1. The number of hydrogen-bond acceptors (Lipinski definition) is 8. The number of nitrogens with two attached hydrogens (primary N) is 1. The van der Waals surface area contributed by atoms with Gasteiger partial charge in [0, 0.05) is 45.0 Å². The van der Waals surface area contributed by atoms with Crippen molar-refractivity contribution in [3.8, 4) is 11.5 Å². The maximum Gasteiger partial charge on any atom is 0.410 e. The van der Waals surface area contributed by atoms with E-state index in [0.29, 0.717) is 36.2 Å². The van der Waals surface area contributed by atoms with Crippen molar-refractivity contribution in [1.82, 2.24) is 15.1 Å². The van der Waals surface area contributed by atoms with Crippen LogP contribution in [0.5, 0.6) is 11.5 Å². The minimum atomic E-state index is -0.501. The Morgan fingerprint density at radius 3 is 2.44 bits per heavy atom. The van der Waals surface area contributed by atoms with Gasteiger partial charge in [-0.05, 0) is 42.0 Å². The van der Waals surface area contributed by atoms with Crippen LogP contribution >= 0.6 is 0 Å². The molecule has 1 aliphatic carbocycles. The largest absolute Gasteiger partial charge is 0.493 e. The molecule has 11 nitrogen and oxygen atoms in total. The summed E-state index contributed by atoms with van der Waals surface area (Å²) >= 11 is 0. The van der Waals surface area contributed by atoms with Gasteiger partial charge in [-0.25, -0.2) is 4.79 Å². The summed E-state index contributed by atoms with van der Waals surface area (Å²) in [6.07, 6.45) is 3.24. The lowest BCUT2D eigenvalue weighted by atomic mass is 10.1. The van der Waals surface area contributed by atoms with Crippen molar-refractivity contribution in [1.29, 1.82) is 0 Å². The number of amides is 3. The Kier molecular flexibility index (Phi) is 9.83. The van der Waals surface area contributed by atoms with Crippen molar-refractivity contribution in [3.63, 3.8) is 0 Å². The van der Waals surface area contributed by atoms with E-state index in [-0.39, 0.29) is 43.8 Å². The molecule has 1 saturated heterocycles. The van der Waals surface area contributed by atoms with Crippen LogP contribution in [0.15, 0.2) is 59.2 Å². The molecule has 2 aliphatic rings. The first kappa shape index (κ1) is 29.4. The number of carbonyl (C=O) groups excluding carboxylic acids is 3. The number of nitrogens with one attached hydrogen (secondary N) is 1. The normalized spacial score (nSPS) is 15.9. The van der Waals surface area contributed by atoms with Crippen molar-refractivity contribution >= 4 is 23.6 Å². The number of carbonyl (C=O) groups is 3. The van der Waals surface area contributed by atoms with E-state index in [1.165, 1.54) is 4.90 Å². The fourth-order valence-electron chi connectivity index (χ4n) is 4.28. The predicted octanol–water partition coefficient (Wildman–Crippen LogP) is 2.62. The molecule has 0 unspecified atom stereocenters. The third-order valence-electron chi connectivity index (χ3n) is 7.02. The molecule has 2 aromatic carbocycles. The highest BCUT2D eigenvalue weighted by Gasteiger charge is 2.26. The highest BCUT2D eigenvalue weighted by molar-refractivity contribution is 6.43. The molecule has 218 valence electrons. The minimum Gasteiger partial charge on any atom is -0.493 e. The van der Waals surface area contributed by atoms with Crippen molar-refractivity contribution in [2.75, 3.05) is 40.8 Å². The van der Waals surface area contributed by atoms with E-state index in [0.717, 1.165) is 29.5 Å². The van der Waals surface area contributed by atoms with Crippen LogP contribution in [0.1, 0.15) is 29.5 Å². The van der Waals surface area contributed by atoms with E-state index in [2.05, 4.69) is 10.3 Å². The first-order chi connectivity index (χ1) is 19.8. The molecule has 3 amide bonds. The third-order valence-corrected chi connectivity index (χ3v) is 7.02. The van der Waals surface area contributed by atoms with Gasteiger partial charge < -0.3 is 30.2 Å². The zero-order chi connectivity index (χ0) is 29.4. The van der Waals surface area contributed by atoms with Gasteiger partial charge in [-0.15, -0.1) is 0 Å². The molecule has 2 aromatic rings. The van der Waals surface area contributed by atoms with Gasteiger partial charge in [0.1, 0.15) is 25.5 Å². The number of benzene rings is 2. The zero-order valence-corrected chi connectivity index (χ0v) is 23.7. The van der Waals surface area contributed by atoms with E-state index in [4.69, 9.17) is 19.9 Å². The van der Waals surface area contributed by atoms with Crippen LogP contribution in [0.4, 0.5) is 4.79 Å². The van der Waals surface area contributed by atoms with Crippen LogP contribution in [-0.2, 0) is 34.1 Å². The third kappa shape index (κ3) is 8.00. The van der Waals surface area contributed by atoms with E-state index in [1.807, 2.05) is 36.4 Å². The number of para-hydroxylation sites is 1. The molecule has 1 saturated carbocycles. The van der Waals surface area contributed by atoms with Crippen LogP contribution in [0.3, 0.4) is 0 Å². The van der Waals surface area contributed by atoms with Gasteiger partial charge in [0.25, 0.3) is 5.91 Å². The summed E-state index contributed by atoms with van der Waals surface area (Å²) in [6.45, 7) is 1.60. The van der Waals surface area contributed by atoms with E-state index in [9.17, 15) is 14.4 Å². The summed E-state index contributed by atoms with van der Waals surface area (Å²) in [7, 11) is 4.84. The van der Waals surface area contributed by atoms with E-state index >= 15 is 0 Å². The Bertz CT molecular complexity index is 1320. The molecule has 0 bridgehead atoms. The smallest absolute Gasteiger partial charge is 0.410 e. The minimum absolute atomic E-state index is 0.0313. The molecule has 0 spiro atoms. The fourth-order valence-corrected chi connectivity index (χ4v) is 4.28. The number of hydrogen-bond donors (Lipinski definition) is 2. The highest BCUT2D eigenvalue weighted by Crippen LogP contribution is 2.34. The number of piperazine rings is 1. The SMILES string of the molecule is CN=C(C=C(N)C1CC1)C(=O)NCc1cccc(OCc2ccc(COC(=O)N3CCN(C)C(=O)C3)cc2)c1OC. The molecule has 4 rings (SSSR count). The quantitative estimate of drug-likeness (QED) is 0.401. The topological polar surface area (TPSA) is 136 Å². The standard InChI is InChI=1S/C30H37N5O6/c1-32-25(15-24(31)22-11-12-22)29(37)33-16-23-5-4-6-26(28(23)39-3)40-18-20-7-9-21(10-8-20)19-41-30(38)35-14-13-34(2)27(36)17-35/h4-10,15,22H,11-14,16-19,31H2,1-3H3,(H,33,37). The van der Waals surface area contributed by atoms with Crippen LogP contribution in [0, 0.1) is 5.92 Å². The average molecular weight is 564 g/mol. The highest BCUT2D eigenvalue weighted by atomic mass is 16.6. The Hall–Kier alpha value is -4.54. The summed E-state index contributed by atoms with van der Waals surface area (Å²) in [5.74, 6) is 1.00. The molecule has 1 aliphatic heterocycles. The molecule has 0 radical (unpaired) electrons. The number of aliphatic imine (C=N–C) groups is 1. The zero-order valence-electron chi connectivity index (χ0n) is 23.7. The van der Waals surface area contributed by atoms with Gasteiger partial charge in [-0.1, -0.05) is 36.4 Å². The molecular formula is C30H37N5O6. The summed E-state index contributed by atoms with van der Waals surface area (Å²) < 4.78 is 17.0. The second-order valence-electron chi connectivity index (χ2n) is 10.1. The summed E-state index contributed by atoms with van der Waals surface area (Å²) in [6, 6.07) is 13.0. The van der Waals surface area contributed by atoms with Gasteiger partial charge in [0.15, 0.2) is 11.5 Å². The average Bonchev–Trinajstić information content (AvgIpc) is 3.84. The molecule has 3 N–H and O–H groups in total. The predicted molar refractivity (Wildman–Crippen MR) is 153 cm³/mol. The molecule has 0 atom stereocenters. The number of nitrogens with zero attached hydrogens (tertiary/aromatic N) is 3. The lowest BCUT2D eigenvalue weighted by Crippen LogP contribution is -2.50. The Balaban J connectivity index is 1.28. The molecule has 1 heterocycles. The molecule has 41 heavy (non-hydrogen) atoms. The number of allylic oxidation sites excluding steroid dienone is 1. The van der Waals surface area contributed by atoms with Crippen LogP contribution in [0.25, 0.3) is 0 Å². The molecule has 0 aromatic heterocycles. The maximum absolute atomic E-state index is 12.7. The van der Waals surface area contributed by atoms with E-state index < -0.39 is 6.09 Å². The number of ether oxygens (including phenoxy) is 3. The first-order valence-electron chi connectivity index (χ1n) is 13.5. The Morgan fingerprint density at radius 2 is 1.80 bits per heavy atom. The van der Waals surface area contributed by atoms with Gasteiger partial charge >= 0.3 is 6.09 Å². The molecule has 11 heteroatoms. The van der Waals surface area contributed by atoms with Crippen LogP contribution in [0.2, 0.25) is 0 Å². The second-order valence-corrected chi connectivity index (χ2v) is 10.1. The van der Waals surface area contributed by atoms with Gasteiger partial charge in [0.05, 0.1) is 7.11 Å². The van der Waals surface area contributed by atoms with Gasteiger partial charge in [0.2, 0.25) is 5.91 Å². The summed E-state index contributed by atoms with van der Waals surface area (Å²) in [5.41, 5.74) is 9.51. The first-order valence-corrected chi connectivity index (χ1v) is 13.5. The van der Waals surface area contributed by atoms with Crippen molar-refractivity contribution in [2.45, 2.75) is 32.6 Å². The van der Waals surface area contributed by atoms with Crippen LogP contribution in [-0.4, -0.2) is 74.3 Å². The van der Waals surface area contributed by atoms with E-state index in [1.54, 1.807) is 38.2 Å². The van der Waals surface area contributed by atoms with Gasteiger partial charge in [-0.2, -0.15) is 0 Å². The molecular weight excluding hydrogens is 526 g/mol. The van der Waals surface area contributed by atoms with Crippen molar-refractivity contribution in [2.24, 2.45) is 16.6 Å². The number of rotatable bonds is 11. The fraction of sp³-hybridized carbons (Fsp3) is 0.400. The Labute approximate surface area is 239 Å². The van der Waals surface area contributed by atoms with Crippen molar-refractivity contribution in [3.05, 3.63) is 70.9 Å². The monoisotopic (exact) mass is 563 g/mol. The molecule has 2 fully saturated rings. The van der Waals surface area contributed by atoms with Crippen molar-refractivity contribution < 1.29 is 28.6 Å². The summed E-state index contributed by atoms with van der Waals surface area (Å²) in [4.78, 5) is 43.9. The summed E-state index contributed by atoms with van der Waals surface area (Å²) in [5, 5.41) is 2.88. The second kappa shape index (κ2) is 13.7. The Morgan fingerprint density at radius 1 is 1.10 bits per heavy atom. The lowest BCUT2D eigenvalue weighted by Gasteiger charge is -2.31. The number of likely N-dealkylation sites (N-methyl/N-ethyl adjacent to an activating group) is 1. The maximum atomic E-state index is 12.7.